The van der Waals surface area contributed by atoms with Gasteiger partial charge in [-0.05, 0) is 68.7 Å². The maximum atomic E-state index is 13.2. The van der Waals surface area contributed by atoms with Crippen LogP contribution in [0.4, 0.5) is 5.95 Å². The Bertz CT molecular complexity index is 2190. The van der Waals surface area contributed by atoms with Crippen molar-refractivity contribution in [2.24, 2.45) is 4.99 Å². The van der Waals surface area contributed by atoms with Crippen molar-refractivity contribution < 1.29 is 28.0 Å². The van der Waals surface area contributed by atoms with Crippen molar-refractivity contribution in [2.75, 3.05) is 41.5 Å². The van der Waals surface area contributed by atoms with Crippen LogP contribution in [0.1, 0.15) is 63.5 Å². The van der Waals surface area contributed by atoms with E-state index in [1.54, 1.807) is 36.4 Å². The number of hydrogen-bond acceptors (Lipinski definition) is 12. The number of benzene rings is 3. The fourth-order valence-electron chi connectivity index (χ4n) is 7.18. The molecule has 1 fully saturated rings. The highest BCUT2D eigenvalue weighted by Gasteiger charge is 2.45. The maximum Gasteiger partial charge on any atom is 0.280 e. The summed E-state index contributed by atoms with van der Waals surface area (Å²) in [4.78, 5) is 31.0. The van der Waals surface area contributed by atoms with Gasteiger partial charge in [-0.15, -0.1) is 0 Å². The summed E-state index contributed by atoms with van der Waals surface area (Å²) in [6.07, 6.45) is 1.79. The second-order valence-corrected chi connectivity index (χ2v) is 16.2. The molecule has 1 aliphatic rings. The van der Waals surface area contributed by atoms with Crippen molar-refractivity contribution in [2.45, 2.75) is 76.7 Å². The zero-order valence-electron chi connectivity index (χ0n) is 34.8. The van der Waals surface area contributed by atoms with Crippen LogP contribution in [-0.2, 0) is 24.1 Å². The van der Waals surface area contributed by atoms with Gasteiger partial charge in [0.1, 0.15) is 29.4 Å². The van der Waals surface area contributed by atoms with Gasteiger partial charge in [0, 0.05) is 32.6 Å². The first-order valence-electron chi connectivity index (χ1n) is 19.6. The van der Waals surface area contributed by atoms with Gasteiger partial charge in [0.25, 0.3) is 14.1 Å². The predicted octanol–water partition coefficient (Wildman–Crippen LogP) is 7.32. The average molecular weight is 825 g/mol. The molecule has 0 bridgehead atoms. The molecule has 0 spiro atoms. The average Bonchev–Trinajstić information content (AvgIpc) is 3.85. The van der Waals surface area contributed by atoms with Crippen LogP contribution in [0.3, 0.4) is 0 Å². The van der Waals surface area contributed by atoms with E-state index >= 15 is 0 Å². The molecule has 59 heavy (non-hydrogen) atoms. The summed E-state index contributed by atoms with van der Waals surface area (Å²) in [5.74, 6) is 1.55. The molecule has 16 heteroatoms. The van der Waals surface area contributed by atoms with E-state index < -0.39 is 38.1 Å². The van der Waals surface area contributed by atoms with Gasteiger partial charge in [-0.2, -0.15) is 10.2 Å². The molecule has 0 amide bonds. The van der Waals surface area contributed by atoms with Gasteiger partial charge in [0.15, 0.2) is 11.2 Å². The largest absolute Gasteiger partial charge is 0.497 e. The minimum Gasteiger partial charge on any atom is -0.497 e. The van der Waals surface area contributed by atoms with E-state index in [0.29, 0.717) is 23.6 Å². The third-order valence-electron chi connectivity index (χ3n) is 9.85. The zero-order chi connectivity index (χ0) is 42.1. The van der Waals surface area contributed by atoms with Crippen LogP contribution in [0.2, 0.25) is 0 Å². The SMILES string of the molecule is COc1ccc(C(OC[C@H]2O[C@@H](n3cnc4c(=O)[nH]c(/N=C/N(C)C)nc43)C[C@@H]2O[P@@](OCCC#N)N(C(C)C)C(C)C)(c2ccccc2)c2ccc(OC)cc2)cc1. The molecule has 1 aliphatic heterocycles. The Kier molecular flexibility index (Phi) is 14.5. The number of aliphatic imine (C=N–C) groups is 1. The first kappa shape index (κ1) is 43.4. The summed E-state index contributed by atoms with van der Waals surface area (Å²) in [6.45, 7) is 8.65. The standard InChI is InChI=1S/C43H53N8O7P/c1-29(2)51(30(3)4)59(56-24-12-23-44)58-36-25-38(50-28-45-39-40(50)47-42(48-41(39)52)46-27-49(5)6)57-37(36)26-55-43(31-13-10-9-11-14-31,32-15-19-34(53-7)20-16-32)33-17-21-35(54-8)22-18-33/h9-11,13-22,27-30,36-38H,12,24-26H2,1-8H3,(H,47,48,52)/b46-27+/t36-,37+,38+,59+/m0/s1. The minimum absolute atomic E-state index is 0.0673. The molecule has 0 unspecified atom stereocenters. The number of nitriles is 1. The second kappa shape index (κ2) is 19.7. The molecule has 6 rings (SSSR count). The van der Waals surface area contributed by atoms with Gasteiger partial charge in [-0.3, -0.25) is 14.3 Å². The summed E-state index contributed by atoms with van der Waals surface area (Å²) in [5, 5.41) is 9.40. The van der Waals surface area contributed by atoms with Crippen LogP contribution in [0.5, 0.6) is 11.5 Å². The van der Waals surface area contributed by atoms with Crippen LogP contribution in [0, 0.1) is 11.3 Å². The van der Waals surface area contributed by atoms with Gasteiger partial charge >= 0.3 is 0 Å². The lowest BCUT2D eigenvalue weighted by Gasteiger charge is -2.39. The Morgan fingerprint density at radius 3 is 2.15 bits per heavy atom. The van der Waals surface area contributed by atoms with Gasteiger partial charge < -0.3 is 32.9 Å². The van der Waals surface area contributed by atoms with Crippen LogP contribution >= 0.6 is 8.53 Å². The number of fused-ring (bicyclic) bond motifs is 1. The van der Waals surface area contributed by atoms with Crippen molar-refractivity contribution in [3.05, 3.63) is 112 Å². The van der Waals surface area contributed by atoms with E-state index in [0.717, 1.165) is 16.7 Å². The Hall–Kier alpha value is -5.20. The molecule has 1 saturated heterocycles. The third kappa shape index (κ3) is 9.82. The van der Waals surface area contributed by atoms with Crippen LogP contribution in [0.25, 0.3) is 11.2 Å². The fraction of sp³-hybridized carbons (Fsp3) is 0.419. The minimum atomic E-state index is -1.67. The van der Waals surface area contributed by atoms with Gasteiger partial charge in [-0.25, -0.2) is 14.6 Å². The summed E-state index contributed by atoms with van der Waals surface area (Å²) in [7, 11) is 5.26. The molecular weight excluding hydrogens is 771 g/mol. The molecule has 5 aromatic rings. The van der Waals surface area contributed by atoms with Crippen LogP contribution < -0.4 is 15.0 Å². The Morgan fingerprint density at radius 1 is 0.983 bits per heavy atom. The quantitative estimate of drug-likeness (QED) is 0.0291. The molecule has 0 aliphatic carbocycles. The lowest BCUT2D eigenvalue weighted by atomic mass is 9.80. The van der Waals surface area contributed by atoms with E-state index in [9.17, 15) is 10.1 Å². The van der Waals surface area contributed by atoms with E-state index in [4.69, 9.17) is 28.0 Å². The van der Waals surface area contributed by atoms with E-state index in [1.165, 1.54) is 0 Å². The summed E-state index contributed by atoms with van der Waals surface area (Å²) in [5.41, 5.74) is 1.55. The van der Waals surface area contributed by atoms with Crippen molar-refractivity contribution in [1.29, 1.82) is 5.26 Å². The van der Waals surface area contributed by atoms with Crippen molar-refractivity contribution in [3.63, 3.8) is 0 Å². The van der Waals surface area contributed by atoms with Crippen molar-refractivity contribution in [1.82, 2.24) is 29.1 Å². The Morgan fingerprint density at radius 2 is 1.59 bits per heavy atom. The highest BCUT2D eigenvalue weighted by Crippen LogP contribution is 2.51. The maximum absolute atomic E-state index is 13.2. The fourth-order valence-corrected chi connectivity index (χ4v) is 8.94. The smallest absolute Gasteiger partial charge is 0.280 e. The monoisotopic (exact) mass is 824 g/mol. The number of hydrogen-bond donors (Lipinski definition) is 1. The molecule has 3 heterocycles. The molecule has 312 valence electrons. The number of imidazole rings is 1. The number of nitrogens with one attached hydrogen (secondary N) is 1. The van der Waals surface area contributed by atoms with E-state index in [1.807, 2.05) is 93.0 Å². The molecular formula is C43H53N8O7P. The summed E-state index contributed by atoms with van der Waals surface area (Å²) >= 11 is 0. The Labute approximate surface area is 346 Å². The van der Waals surface area contributed by atoms with Gasteiger partial charge in [0.05, 0.1) is 58.7 Å². The van der Waals surface area contributed by atoms with E-state index in [-0.39, 0.29) is 43.2 Å². The number of rotatable bonds is 19. The zero-order valence-corrected chi connectivity index (χ0v) is 35.7. The molecule has 0 saturated carbocycles. The van der Waals surface area contributed by atoms with Crippen molar-refractivity contribution >= 4 is 32.0 Å². The highest BCUT2D eigenvalue weighted by atomic mass is 31.2. The first-order valence-corrected chi connectivity index (χ1v) is 20.7. The molecule has 15 nitrogen and oxygen atoms in total. The molecule has 2 aromatic heterocycles. The van der Waals surface area contributed by atoms with Gasteiger partial charge in [0.2, 0.25) is 5.95 Å². The third-order valence-corrected chi connectivity index (χ3v) is 12.0. The lowest BCUT2D eigenvalue weighted by molar-refractivity contribution is -0.0912. The lowest BCUT2D eigenvalue weighted by Crippen LogP contribution is -2.39. The normalized spacial score (nSPS) is 17.6. The molecule has 1 N–H and O–H groups in total. The molecule has 4 atom stereocenters. The second-order valence-electron chi connectivity index (χ2n) is 14.8. The molecule has 3 aromatic carbocycles. The highest BCUT2D eigenvalue weighted by molar-refractivity contribution is 7.44. The number of methoxy groups -OCH3 is 2. The summed E-state index contributed by atoms with van der Waals surface area (Å²) in [6, 6.07) is 28.1. The van der Waals surface area contributed by atoms with E-state index in [2.05, 4.69) is 58.4 Å². The first-order chi connectivity index (χ1) is 28.5. The number of aromatic nitrogens is 4. The van der Waals surface area contributed by atoms with Crippen molar-refractivity contribution in [3.8, 4) is 17.6 Å². The summed E-state index contributed by atoms with van der Waals surface area (Å²) < 4.78 is 42.7. The number of H-pyrrole nitrogens is 1. The van der Waals surface area contributed by atoms with Gasteiger partial charge in [-0.1, -0.05) is 54.6 Å². The molecule has 0 radical (unpaired) electrons. The topological polar surface area (TPSA) is 162 Å². The predicted molar refractivity (Wildman–Crippen MR) is 227 cm³/mol. The van der Waals surface area contributed by atoms with Crippen LogP contribution in [0.15, 0.2) is 95.0 Å². The Balaban J connectivity index is 1.45. The number of ether oxygens (including phenoxy) is 4. The number of aromatic amines is 1. The number of nitrogens with zero attached hydrogens (tertiary/aromatic N) is 7. The van der Waals surface area contributed by atoms with Crippen LogP contribution in [-0.4, -0.2) is 101 Å².